The van der Waals surface area contributed by atoms with Crippen LogP contribution in [-0.4, -0.2) is 30.5 Å². The predicted molar refractivity (Wildman–Crippen MR) is 87.2 cm³/mol. The maximum atomic E-state index is 12.4. The molecule has 1 fully saturated rings. The van der Waals surface area contributed by atoms with E-state index in [-0.39, 0.29) is 11.4 Å². The smallest absolute Gasteiger partial charge is 0.224 e. The maximum absolute atomic E-state index is 12.4. The van der Waals surface area contributed by atoms with E-state index >= 15 is 0 Å². The lowest BCUT2D eigenvalue weighted by atomic mass is 9.94. The first-order chi connectivity index (χ1) is 9.93. The van der Waals surface area contributed by atoms with Gasteiger partial charge in [0.15, 0.2) is 0 Å². The summed E-state index contributed by atoms with van der Waals surface area (Å²) in [6.07, 6.45) is 4.60. The number of ether oxygens (including phenoxy) is 1. The van der Waals surface area contributed by atoms with E-state index in [4.69, 9.17) is 10.5 Å². The Balaban J connectivity index is 2.02. The van der Waals surface area contributed by atoms with Crippen molar-refractivity contribution in [3.05, 3.63) is 28.2 Å². The summed E-state index contributed by atoms with van der Waals surface area (Å²) in [7, 11) is 3.46. The van der Waals surface area contributed by atoms with Crippen molar-refractivity contribution in [1.29, 1.82) is 0 Å². The minimum Gasteiger partial charge on any atom is -0.496 e. The van der Waals surface area contributed by atoms with Crippen LogP contribution in [0.2, 0.25) is 0 Å². The molecular weight excluding hydrogens is 332 g/mol. The Morgan fingerprint density at radius 1 is 1.43 bits per heavy atom. The highest BCUT2D eigenvalue weighted by Crippen LogP contribution is 2.31. The first-order valence-corrected chi connectivity index (χ1v) is 8.08. The molecule has 2 N–H and O–H groups in total. The zero-order valence-corrected chi connectivity index (χ0v) is 14.3. The van der Waals surface area contributed by atoms with Crippen molar-refractivity contribution in [3.63, 3.8) is 0 Å². The van der Waals surface area contributed by atoms with Crippen LogP contribution in [0.3, 0.4) is 0 Å². The van der Waals surface area contributed by atoms with Crippen molar-refractivity contribution >= 4 is 21.8 Å². The number of hydrogen-bond donors (Lipinski definition) is 1. The van der Waals surface area contributed by atoms with Crippen molar-refractivity contribution in [3.8, 4) is 5.75 Å². The minimum absolute atomic E-state index is 0.0985. The number of rotatable bonds is 5. The average Bonchev–Trinajstić information content (AvgIpc) is 2.85. The molecule has 0 spiro atoms. The molecule has 1 aliphatic carbocycles. The third kappa shape index (κ3) is 4.20. The number of carbonyl (C=O) groups excluding carboxylic acids is 1. The number of carbonyl (C=O) groups is 1. The van der Waals surface area contributed by atoms with Gasteiger partial charge in [-0.2, -0.15) is 0 Å². The fourth-order valence-corrected chi connectivity index (χ4v) is 3.31. The van der Waals surface area contributed by atoms with E-state index in [9.17, 15) is 4.79 Å². The number of nitrogens with zero attached hydrogens (tertiary/aromatic N) is 1. The fraction of sp³-hybridized carbons (Fsp3) is 0.562. The van der Waals surface area contributed by atoms with Crippen molar-refractivity contribution < 1.29 is 9.53 Å². The lowest BCUT2D eigenvalue weighted by Crippen LogP contribution is -2.42. The number of halogens is 1. The van der Waals surface area contributed by atoms with Crippen LogP contribution in [0.4, 0.5) is 0 Å². The predicted octanol–water partition coefficient (Wildman–Crippen LogP) is 3.08. The second kappa shape index (κ2) is 6.79. The zero-order chi connectivity index (χ0) is 15.5. The van der Waals surface area contributed by atoms with Crippen molar-refractivity contribution in [2.24, 2.45) is 5.73 Å². The van der Waals surface area contributed by atoms with Gasteiger partial charge in [0, 0.05) is 35.6 Å². The molecule has 4 nitrogen and oxygen atoms in total. The number of benzene rings is 1. The third-order valence-corrected chi connectivity index (χ3v) is 4.67. The highest BCUT2D eigenvalue weighted by atomic mass is 79.9. The summed E-state index contributed by atoms with van der Waals surface area (Å²) in [6.45, 7) is 0.525. The number of amides is 1. The van der Waals surface area contributed by atoms with Crippen molar-refractivity contribution in [1.82, 2.24) is 4.90 Å². The summed E-state index contributed by atoms with van der Waals surface area (Å²) in [5.74, 6) is 0.891. The van der Waals surface area contributed by atoms with Crippen LogP contribution in [0.15, 0.2) is 22.7 Å². The van der Waals surface area contributed by atoms with Crippen LogP contribution < -0.4 is 10.5 Å². The van der Waals surface area contributed by atoms with Gasteiger partial charge in [0.25, 0.3) is 0 Å². The van der Waals surface area contributed by atoms with Gasteiger partial charge in [0.1, 0.15) is 5.75 Å². The monoisotopic (exact) mass is 354 g/mol. The molecule has 1 amide bonds. The zero-order valence-electron chi connectivity index (χ0n) is 12.7. The molecule has 1 saturated carbocycles. The van der Waals surface area contributed by atoms with Crippen LogP contribution in [0.1, 0.15) is 37.7 Å². The summed E-state index contributed by atoms with van der Waals surface area (Å²) in [4.78, 5) is 14.1. The Morgan fingerprint density at radius 3 is 2.71 bits per heavy atom. The minimum atomic E-state index is -0.299. The van der Waals surface area contributed by atoms with Gasteiger partial charge in [0.2, 0.25) is 5.91 Å². The lowest BCUT2D eigenvalue weighted by Gasteiger charge is -2.26. The number of nitrogens with two attached hydrogens (primary N) is 1. The largest absolute Gasteiger partial charge is 0.496 e. The normalized spacial score (nSPS) is 16.8. The van der Waals surface area contributed by atoms with Gasteiger partial charge < -0.3 is 15.4 Å². The fourth-order valence-electron chi connectivity index (χ4n) is 2.91. The van der Waals surface area contributed by atoms with Crippen LogP contribution in [0, 0.1) is 0 Å². The molecule has 116 valence electrons. The number of hydrogen-bond acceptors (Lipinski definition) is 3. The molecular formula is C16H23BrN2O2. The molecule has 0 atom stereocenters. The van der Waals surface area contributed by atoms with Gasteiger partial charge in [-0.25, -0.2) is 0 Å². The van der Waals surface area contributed by atoms with Crippen molar-refractivity contribution in [2.45, 2.75) is 44.2 Å². The summed E-state index contributed by atoms with van der Waals surface area (Å²) in [5.41, 5.74) is 6.98. The van der Waals surface area contributed by atoms with E-state index in [1.165, 1.54) is 0 Å². The SMILES string of the molecule is COc1ccc(Br)cc1CN(C)C(=O)CC1(N)CCCC1. The molecule has 1 aromatic rings. The molecule has 0 radical (unpaired) electrons. The van der Waals surface area contributed by atoms with Crippen LogP contribution >= 0.6 is 15.9 Å². The Labute approximate surface area is 134 Å². The Bertz CT molecular complexity index is 513. The second-order valence-electron chi connectivity index (χ2n) is 5.95. The molecule has 0 aromatic heterocycles. The average molecular weight is 355 g/mol. The van der Waals surface area contributed by atoms with E-state index in [2.05, 4.69) is 15.9 Å². The van der Waals surface area contributed by atoms with Gasteiger partial charge in [-0.1, -0.05) is 28.8 Å². The highest BCUT2D eigenvalue weighted by molar-refractivity contribution is 9.10. The molecule has 0 unspecified atom stereocenters. The quantitative estimate of drug-likeness (QED) is 0.883. The van der Waals surface area contributed by atoms with Gasteiger partial charge in [-0.3, -0.25) is 4.79 Å². The molecule has 5 heteroatoms. The Morgan fingerprint density at radius 2 is 2.10 bits per heavy atom. The molecule has 0 saturated heterocycles. The van der Waals surface area contributed by atoms with Gasteiger partial charge in [-0.15, -0.1) is 0 Å². The molecule has 0 aliphatic heterocycles. The standard InChI is InChI=1S/C16H23BrN2O2/c1-19(15(20)10-16(18)7-3-4-8-16)11-12-9-13(17)5-6-14(12)21-2/h5-6,9H,3-4,7-8,10-11,18H2,1-2H3. The lowest BCUT2D eigenvalue weighted by molar-refractivity contribution is -0.131. The van der Waals surface area contributed by atoms with Gasteiger partial charge in [0.05, 0.1) is 7.11 Å². The number of methoxy groups -OCH3 is 1. The van der Waals surface area contributed by atoms with E-state index in [0.717, 1.165) is 41.5 Å². The van der Waals surface area contributed by atoms with E-state index < -0.39 is 0 Å². The van der Waals surface area contributed by atoms with Crippen LogP contribution in [0.5, 0.6) is 5.75 Å². The molecule has 21 heavy (non-hydrogen) atoms. The van der Waals surface area contributed by atoms with E-state index in [1.54, 1.807) is 12.0 Å². The molecule has 0 bridgehead atoms. The third-order valence-electron chi connectivity index (χ3n) is 4.18. The van der Waals surface area contributed by atoms with Crippen molar-refractivity contribution in [2.75, 3.05) is 14.2 Å². The molecule has 2 rings (SSSR count). The van der Waals surface area contributed by atoms with Gasteiger partial charge >= 0.3 is 0 Å². The highest BCUT2D eigenvalue weighted by Gasteiger charge is 2.32. The topological polar surface area (TPSA) is 55.6 Å². The molecule has 1 aliphatic rings. The summed E-state index contributed by atoms with van der Waals surface area (Å²) in [5, 5.41) is 0. The van der Waals surface area contributed by atoms with Gasteiger partial charge in [-0.05, 0) is 31.0 Å². The van der Waals surface area contributed by atoms with Crippen LogP contribution in [-0.2, 0) is 11.3 Å². The molecule has 0 heterocycles. The summed E-state index contributed by atoms with van der Waals surface area (Å²) >= 11 is 3.45. The summed E-state index contributed by atoms with van der Waals surface area (Å²) < 4.78 is 6.33. The summed E-state index contributed by atoms with van der Waals surface area (Å²) in [6, 6.07) is 5.81. The first kappa shape index (κ1) is 16.3. The van der Waals surface area contributed by atoms with Crippen LogP contribution in [0.25, 0.3) is 0 Å². The molecule has 1 aromatic carbocycles. The Kier molecular flexibility index (Phi) is 5.27. The van der Waals surface area contributed by atoms with E-state index in [0.29, 0.717) is 13.0 Å². The second-order valence-corrected chi connectivity index (χ2v) is 6.87. The Hall–Kier alpha value is -1.07. The maximum Gasteiger partial charge on any atom is 0.224 e. The first-order valence-electron chi connectivity index (χ1n) is 7.29. The van der Waals surface area contributed by atoms with E-state index in [1.807, 2.05) is 25.2 Å².